The number of nitrogens with zero attached hydrogens (tertiary/aromatic N) is 2. The van der Waals surface area contributed by atoms with E-state index in [4.69, 9.17) is 0 Å². The van der Waals surface area contributed by atoms with Gasteiger partial charge in [0.25, 0.3) is 0 Å². The van der Waals surface area contributed by atoms with E-state index in [1.165, 1.54) is 0 Å². The smallest absolute Gasteiger partial charge is 0.298 e. The second kappa shape index (κ2) is 4.29. The lowest BCUT2D eigenvalue weighted by atomic mass is 10.3. The van der Waals surface area contributed by atoms with Crippen LogP contribution in [0.3, 0.4) is 0 Å². The maximum atomic E-state index is 12.3. The Morgan fingerprint density at radius 3 is 2.60 bits per heavy atom. The number of aldehydes is 1. The maximum Gasteiger partial charge on any atom is 0.435 e. The number of rotatable bonds is 3. The maximum absolute atomic E-state index is 12.3. The van der Waals surface area contributed by atoms with Crippen LogP contribution in [0, 0.1) is 0 Å². The molecule has 1 heterocycles. The number of alkyl halides is 3. The predicted octanol–water partition coefficient (Wildman–Crippen LogP) is 2.29. The van der Waals surface area contributed by atoms with Crippen molar-refractivity contribution in [2.45, 2.75) is 19.6 Å². The molecule has 1 aromatic heterocycles. The van der Waals surface area contributed by atoms with E-state index in [1.807, 2.05) is 0 Å². The van der Waals surface area contributed by atoms with Crippen LogP contribution in [0.2, 0.25) is 0 Å². The van der Waals surface area contributed by atoms with Crippen LogP contribution in [0.1, 0.15) is 23.0 Å². The zero-order valence-electron chi connectivity index (χ0n) is 7.95. The Morgan fingerprint density at radius 2 is 2.20 bits per heavy atom. The summed E-state index contributed by atoms with van der Waals surface area (Å²) in [5.41, 5.74) is -1.57. The number of hydrogen-bond donors (Lipinski definition) is 0. The van der Waals surface area contributed by atoms with Crippen molar-refractivity contribution in [3.8, 4) is 0 Å². The molecule has 15 heavy (non-hydrogen) atoms. The third kappa shape index (κ3) is 2.68. The molecule has 0 aliphatic carbocycles. The molecule has 0 atom stereocenters. The second-order valence-corrected chi connectivity index (χ2v) is 2.84. The molecule has 3 nitrogen and oxygen atoms in total. The number of aromatic nitrogens is 2. The quantitative estimate of drug-likeness (QED) is 0.576. The molecule has 0 aliphatic heterocycles. The van der Waals surface area contributed by atoms with Crippen LogP contribution in [-0.2, 0) is 12.7 Å². The van der Waals surface area contributed by atoms with Gasteiger partial charge in [-0.2, -0.15) is 18.3 Å². The minimum atomic E-state index is -4.59. The van der Waals surface area contributed by atoms with Gasteiger partial charge in [0.1, 0.15) is 0 Å². The first kappa shape index (κ1) is 11.5. The number of hydrogen-bond acceptors (Lipinski definition) is 2. The standard InChI is InChI=1S/C9H9F3N2O/c1-2-3-4-14-5-7(6-15)8(13-14)9(10,11)12/h2-3,5-6H,4H2,1H3. The van der Waals surface area contributed by atoms with Crippen LogP contribution in [0.25, 0.3) is 0 Å². The third-order valence-electron chi connectivity index (χ3n) is 1.71. The molecular formula is C9H9F3N2O. The molecule has 0 aromatic carbocycles. The van der Waals surface area contributed by atoms with E-state index >= 15 is 0 Å². The molecule has 0 amide bonds. The highest BCUT2D eigenvalue weighted by Crippen LogP contribution is 2.29. The summed E-state index contributed by atoms with van der Waals surface area (Å²) in [7, 11) is 0. The lowest BCUT2D eigenvalue weighted by Gasteiger charge is -2.01. The third-order valence-corrected chi connectivity index (χ3v) is 1.71. The summed E-state index contributed by atoms with van der Waals surface area (Å²) in [5, 5.41) is 3.30. The molecule has 0 spiro atoms. The van der Waals surface area contributed by atoms with Crippen molar-refractivity contribution < 1.29 is 18.0 Å². The summed E-state index contributed by atoms with van der Waals surface area (Å²) in [6.07, 6.45) is -0.0213. The summed E-state index contributed by atoms with van der Waals surface area (Å²) in [6.45, 7) is 1.96. The SMILES string of the molecule is CC=CCn1cc(C=O)c(C(F)(F)F)n1. The van der Waals surface area contributed by atoms with Crippen LogP contribution in [-0.4, -0.2) is 16.1 Å². The zero-order chi connectivity index (χ0) is 11.5. The molecule has 6 heteroatoms. The Hall–Kier alpha value is -1.59. The Bertz CT molecular complexity index is 379. The number of halogens is 3. The van der Waals surface area contributed by atoms with E-state index in [-0.39, 0.29) is 12.8 Å². The number of allylic oxidation sites excluding steroid dienone is 2. The van der Waals surface area contributed by atoms with Gasteiger partial charge in [0.15, 0.2) is 12.0 Å². The van der Waals surface area contributed by atoms with E-state index < -0.39 is 17.4 Å². The molecule has 0 saturated heterocycles. The minimum absolute atomic E-state index is 0.155. The van der Waals surface area contributed by atoms with Gasteiger partial charge in [-0.05, 0) is 6.92 Å². The van der Waals surface area contributed by atoms with Crippen LogP contribution in [0.5, 0.6) is 0 Å². The molecule has 1 rings (SSSR count). The lowest BCUT2D eigenvalue weighted by molar-refractivity contribution is -0.141. The largest absolute Gasteiger partial charge is 0.435 e. The number of carbonyl (C=O) groups is 1. The average Bonchev–Trinajstić information content (AvgIpc) is 2.57. The van der Waals surface area contributed by atoms with Gasteiger partial charge in [-0.1, -0.05) is 12.2 Å². The summed E-state index contributed by atoms with van der Waals surface area (Å²) in [6, 6.07) is 0. The van der Waals surface area contributed by atoms with E-state index in [1.54, 1.807) is 19.1 Å². The van der Waals surface area contributed by atoms with E-state index in [9.17, 15) is 18.0 Å². The van der Waals surface area contributed by atoms with Gasteiger partial charge >= 0.3 is 6.18 Å². The summed E-state index contributed by atoms with van der Waals surface area (Å²) in [5.74, 6) is 0. The lowest BCUT2D eigenvalue weighted by Crippen LogP contribution is -2.09. The normalized spacial score (nSPS) is 12.3. The minimum Gasteiger partial charge on any atom is -0.298 e. The molecule has 0 N–H and O–H groups in total. The van der Waals surface area contributed by atoms with Gasteiger partial charge in [-0.15, -0.1) is 0 Å². The van der Waals surface area contributed by atoms with Crippen molar-refractivity contribution in [2.75, 3.05) is 0 Å². The fourth-order valence-corrected chi connectivity index (χ4v) is 1.05. The molecule has 0 radical (unpaired) electrons. The molecule has 0 aliphatic rings. The predicted molar refractivity (Wildman–Crippen MR) is 47.4 cm³/mol. The molecule has 0 fully saturated rings. The van der Waals surface area contributed by atoms with Gasteiger partial charge in [0.2, 0.25) is 0 Å². The highest BCUT2D eigenvalue weighted by Gasteiger charge is 2.36. The monoisotopic (exact) mass is 218 g/mol. The first-order valence-corrected chi connectivity index (χ1v) is 4.20. The highest BCUT2D eigenvalue weighted by molar-refractivity contribution is 5.76. The summed E-state index contributed by atoms with van der Waals surface area (Å²) in [4.78, 5) is 10.4. The Balaban J connectivity index is 3.06. The van der Waals surface area contributed by atoms with Gasteiger partial charge in [-0.3, -0.25) is 9.48 Å². The fraction of sp³-hybridized carbons (Fsp3) is 0.333. The zero-order valence-corrected chi connectivity index (χ0v) is 7.95. The summed E-state index contributed by atoms with van der Waals surface area (Å²) < 4.78 is 38.0. The van der Waals surface area contributed by atoms with Crippen molar-refractivity contribution in [3.05, 3.63) is 29.6 Å². The van der Waals surface area contributed by atoms with E-state index in [0.717, 1.165) is 10.9 Å². The average molecular weight is 218 g/mol. The summed E-state index contributed by atoms with van der Waals surface area (Å²) >= 11 is 0. The van der Waals surface area contributed by atoms with Crippen molar-refractivity contribution >= 4 is 6.29 Å². The van der Waals surface area contributed by atoms with Gasteiger partial charge in [0.05, 0.1) is 12.1 Å². The molecule has 0 unspecified atom stereocenters. The highest BCUT2D eigenvalue weighted by atomic mass is 19.4. The van der Waals surface area contributed by atoms with Gasteiger partial charge in [0, 0.05) is 6.20 Å². The Morgan fingerprint density at radius 1 is 1.53 bits per heavy atom. The second-order valence-electron chi connectivity index (χ2n) is 2.84. The van der Waals surface area contributed by atoms with E-state index in [2.05, 4.69) is 5.10 Å². The van der Waals surface area contributed by atoms with Gasteiger partial charge < -0.3 is 0 Å². The number of carbonyl (C=O) groups excluding carboxylic acids is 1. The van der Waals surface area contributed by atoms with Crippen LogP contribution in [0.4, 0.5) is 13.2 Å². The van der Waals surface area contributed by atoms with Crippen LogP contribution >= 0.6 is 0 Å². The molecular weight excluding hydrogens is 209 g/mol. The molecule has 82 valence electrons. The van der Waals surface area contributed by atoms with Crippen molar-refractivity contribution in [1.29, 1.82) is 0 Å². The topological polar surface area (TPSA) is 34.9 Å². The molecule has 1 aromatic rings. The van der Waals surface area contributed by atoms with E-state index in [0.29, 0.717) is 0 Å². The van der Waals surface area contributed by atoms with Crippen molar-refractivity contribution in [1.82, 2.24) is 9.78 Å². The van der Waals surface area contributed by atoms with Crippen molar-refractivity contribution in [2.24, 2.45) is 0 Å². The van der Waals surface area contributed by atoms with Crippen LogP contribution in [0.15, 0.2) is 18.3 Å². The Kier molecular flexibility index (Phi) is 3.28. The molecule has 0 saturated carbocycles. The first-order valence-electron chi connectivity index (χ1n) is 4.20. The molecule has 0 bridgehead atoms. The first-order chi connectivity index (χ1) is 6.99. The van der Waals surface area contributed by atoms with Crippen molar-refractivity contribution in [3.63, 3.8) is 0 Å². The van der Waals surface area contributed by atoms with Gasteiger partial charge in [-0.25, -0.2) is 0 Å². The van der Waals surface area contributed by atoms with Crippen LogP contribution < -0.4 is 0 Å². The Labute approximate surface area is 84.2 Å². The fourth-order valence-electron chi connectivity index (χ4n) is 1.05.